The van der Waals surface area contributed by atoms with Crippen LogP contribution in [-0.2, 0) is 14.3 Å². The van der Waals surface area contributed by atoms with Gasteiger partial charge in [-0.15, -0.1) is 0 Å². The summed E-state index contributed by atoms with van der Waals surface area (Å²) < 4.78 is 10.2. The molecule has 1 N–H and O–H groups in total. The molecule has 0 saturated carbocycles. The fraction of sp³-hybridized carbons (Fsp3) is 0.667. The van der Waals surface area contributed by atoms with Crippen LogP contribution in [0.1, 0.15) is 39.0 Å². The minimum Gasteiger partial charge on any atom is -0.465 e. The molecule has 0 aliphatic carbocycles. The standard InChI is InChI=1S/C21H32N4O5/c1-14-18(21(28)29-4)15(2)22-19(14)20(27)16(3)24-5-7-25(8-6-24)17(26)13-23-9-11-30-12-10-23/h16,22H,5-13H2,1-4H3. The van der Waals surface area contributed by atoms with E-state index in [2.05, 4.69) is 14.8 Å². The van der Waals surface area contributed by atoms with E-state index < -0.39 is 5.97 Å². The molecule has 1 aromatic rings. The van der Waals surface area contributed by atoms with E-state index >= 15 is 0 Å². The number of piperazine rings is 1. The largest absolute Gasteiger partial charge is 0.465 e. The van der Waals surface area contributed by atoms with E-state index in [4.69, 9.17) is 9.47 Å². The van der Waals surface area contributed by atoms with E-state index in [1.54, 1.807) is 13.8 Å². The number of Topliss-reactive ketones (excluding diaryl/α,β-unsaturated/α-hetero) is 1. The number of carbonyl (C=O) groups is 3. The van der Waals surface area contributed by atoms with E-state index in [-0.39, 0.29) is 17.7 Å². The number of aromatic amines is 1. The molecule has 2 saturated heterocycles. The van der Waals surface area contributed by atoms with Crippen molar-refractivity contribution in [2.45, 2.75) is 26.8 Å². The number of morpholine rings is 1. The molecular weight excluding hydrogens is 388 g/mol. The van der Waals surface area contributed by atoms with Crippen LogP contribution < -0.4 is 0 Å². The maximum atomic E-state index is 13.1. The molecule has 2 aliphatic rings. The molecule has 2 fully saturated rings. The summed E-state index contributed by atoms with van der Waals surface area (Å²) in [7, 11) is 1.33. The molecule has 3 rings (SSSR count). The van der Waals surface area contributed by atoms with Crippen molar-refractivity contribution >= 4 is 17.7 Å². The first-order valence-corrected chi connectivity index (χ1v) is 10.5. The maximum absolute atomic E-state index is 13.1. The summed E-state index contributed by atoms with van der Waals surface area (Å²) in [4.78, 5) is 46.8. The van der Waals surface area contributed by atoms with E-state index in [1.165, 1.54) is 7.11 Å². The molecule has 0 aromatic carbocycles. The molecule has 0 spiro atoms. The van der Waals surface area contributed by atoms with E-state index in [0.29, 0.717) is 68.5 Å². The predicted molar refractivity (Wildman–Crippen MR) is 111 cm³/mol. The lowest BCUT2D eigenvalue weighted by Crippen LogP contribution is -2.55. The number of nitrogens with zero attached hydrogens (tertiary/aromatic N) is 3. The number of H-pyrrole nitrogens is 1. The predicted octanol–water partition coefficient (Wildman–Crippen LogP) is 0.466. The Kier molecular flexibility index (Phi) is 7.27. The maximum Gasteiger partial charge on any atom is 0.339 e. The molecule has 30 heavy (non-hydrogen) atoms. The molecule has 9 nitrogen and oxygen atoms in total. The third-order valence-corrected chi connectivity index (χ3v) is 6.13. The number of nitrogens with one attached hydrogen (secondary N) is 1. The lowest BCUT2D eigenvalue weighted by molar-refractivity contribution is -0.135. The summed E-state index contributed by atoms with van der Waals surface area (Å²) in [6.07, 6.45) is 0. The molecule has 9 heteroatoms. The van der Waals surface area contributed by atoms with Crippen LogP contribution in [0.2, 0.25) is 0 Å². The van der Waals surface area contributed by atoms with Crippen molar-refractivity contribution in [3.63, 3.8) is 0 Å². The summed E-state index contributed by atoms with van der Waals surface area (Å²) in [5.41, 5.74) is 2.13. The smallest absolute Gasteiger partial charge is 0.339 e. The summed E-state index contributed by atoms with van der Waals surface area (Å²) in [6.45, 7) is 11.3. The van der Waals surface area contributed by atoms with Crippen LogP contribution in [0.5, 0.6) is 0 Å². The first kappa shape index (κ1) is 22.5. The Hall–Kier alpha value is -2.23. The third-order valence-electron chi connectivity index (χ3n) is 6.13. The second-order valence-corrected chi connectivity index (χ2v) is 7.96. The van der Waals surface area contributed by atoms with Gasteiger partial charge in [-0.3, -0.25) is 19.4 Å². The van der Waals surface area contributed by atoms with Crippen molar-refractivity contribution < 1.29 is 23.9 Å². The van der Waals surface area contributed by atoms with Gasteiger partial charge in [0, 0.05) is 45.0 Å². The Morgan fingerprint density at radius 3 is 2.30 bits per heavy atom. The van der Waals surface area contributed by atoms with Crippen molar-refractivity contribution in [2.24, 2.45) is 0 Å². The van der Waals surface area contributed by atoms with Crippen LogP contribution in [-0.4, -0.2) is 110 Å². The molecule has 3 heterocycles. The first-order valence-electron chi connectivity index (χ1n) is 10.5. The van der Waals surface area contributed by atoms with Crippen LogP contribution in [0.4, 0.5) is 0 Å². The van der Waals surface area contributed by atoms with Gasteiger partial charge >= 0.3 is 5.97 Å². The zero-order valence-electron chi connectivity index (χ0n) is 18.3. The van der Waals surface area contributed by atoms with E-state index in [9.17, 15) is 14.4 Å². The number of hydrogen-bond donors (Lipinski definition) is 1. The molecule has 1 unspecified atom stereocenters. The molecule has 1 aromatic heterocycles. The number of aryl methyl sites for hydroxylation is 1. The SMILES string of the molecule is COC(=O)c1c(C)[nH]c(C(=O)C(C)N2CCN(C(=O)CN3CCOCC3)CC2)c1C. The number of esters is 1. The fourth-order valence-corrected chi connectivity index (χ4v) is 4.19. The Morgan fingerprint density at radius 2 is 1.70 bits per heavy atom. The third kappa shape index (κ3) is 4.74. The highest BCUT2D eigenvalue weighted by atomic mass is 16.5. The Bertz CT molecular complexity index is 792. The minimum atomic E-state index is -0.444. The van der Waals surface area contributed by atoms with Gasteiger partial charge in [0.15, 0.2) is 5.78 Å². The van der Waals surface area contributed by atoms with Crippen molar-refractivity contribution in [3.8, 4) is 0 Å². The van der Waals surface area contributed by atoms with Crippen molar-refractivity contribution in [3.05, 3.63) is 22.5 Å². The summed E-state index contributed by atoms with van der Waals surface area (Å²) in [5, 5.41) is 0. The number of carbonyl (C=O) groups excluding carboxylic acids is 3. The van der Waals surface area contributed by atoms with Crippen LogP contribution in [0, 0.1) is 13.8 Å². The zero-order chi connectivity index (χ0) is 21.8. The van der Waals surface area contributed by atoms with Gasteiger partial charge in [0.25, 0.3) is 0 Å². The monoisotopic (exact) mass is 420 g/mol. The Labute approximate surface area is 177 Å². The number of rotatable bonds is 6. The fourth-order valence-electron chi connectivity index (χ4n) is 4.19. The van der Waals surface area contributed by atoms with Crippen molar-refractivity contribution in [2.75, 3.05) is 66.1 Å². The summed E-state index contributed by atoms with van der Waals surface area (Å²) in [5.74, 6) is -0.367. The number of amides is 1. The normalized spacial score (nSPS) is 19.5. The van der Waals surface area contributed by atoms with Gasteiger partial charge in [0.1, 0.15) is 0 Å². The number of methoxy groups -OCH3 is 1. The van der Waals surface area contributed by atoms with Gasteiger partial charge in [-0.05, 0) is 26.3 Å². The average Bonchev–Trinajstić information content (AvgIpc) is 3.06. The van der Waals surface area contributed by atoms with E-state index in [0.717, 1.165) is 13.1 Å². The lowest BCUT2D eigenvalue weighted by atomic mass is 10.0. The molecule has 166 valence electrons. The molecule has 0 bridgehead atoms. The van der Waals surface area contributed by atoms with Gasteiger partial charge in [-0.1, -0.05) is 0 Å². The van der Waals surface area contributed by atoms with Crippen LogP contribution in [0.3, 0.4) is 0 Å². The number of ketones is 1. The van der Waals surface area contributed by atoms with E-state index in [1.807, 2.05) is 11.8 Å². The van der Waals surface area contributed by atoms with Crippen molar-refractivity contribution in [1.29, 1.82) is 0 Å². The Balaban J connectivity index is 1.57. The van der Waals surface area contributed by atoms with Gasteiger partial charge in [-0.25, -0.2) is 4.79 Å². The topological polar surface area (TPSA) is 95.2 Å². The zero-order valence-corrected chi connectivity index (χ0v) is 18.3. The molecule has 1 atom stereocenters. The van der Waals surface area contributed by atoms with Crippen LogP contribution in [0.15, 0.2) is 0 Å². The molecule has 1 amide bonds. The quantitative estimate of drug-likeness (QED) is 0.528. The molecular formula is C21H32N4O5. The highest BCUT2D eigenvalue weighted by molar-refractivity contribution is 6.03. The second-order valence-electron chi connectivity index (χ2n) is 7.96. The van der Waals surface area contributed by atoms with Gasteiger partial charge in [0.2, 0.25) is 5.91 Å². The highest BCUT2D eigenvalue weighted by Crippen LogP contribution is 2.22. The number of hydrogen-bond acceptors (Lipinski definition) is 7. The van der Waals surface area contributed by atoms with Gasteiger partial charge in [0.05, 0.1) is 44.2 Å². The number of ether oxygens (including phenoxy) is 2. The Morgan fingerprint density at radius 1 is 1.07 bits per heavy atom. The molecule has 0 radical (unpaired) electrons. The van der Waals surface area contributed by atoms with Crippen LogP contribution >= 0.6 is 0 Å². The summed E-state index contributed by atoms with van der Waals surface area (Å²) in [6, 6.07) is -0.344. The van der Waals surface area contributed by atoms with Crippen molar-refractivity contribution in [1.82, 2.24) is 19.7 Å². The first-order chi connectivity index (χ1) is 14.3. The van der Waals surface area contributed by atoms with Gasteiger partial charge < -0.3 is 19.4 Å². The van der Waals surface area contributed by atoms with Crippen LogP contribution in [0.25, 0.3) is 0 Å². The average molecular weight is 421 g/mol. The summed E-state index contributed by atoms with van der Waals surface area (Å²) >= 11 is 0. The molecule has 2 aliphatic heterocycles. The highest BCUT2D eigenvalue weighted by Gasteiger charge is 2.31. The van der Waals surface area contributed by atoms with Gasteiger partial charge in [-0.2, -0.15) is 0 Å². The lowest BCUT2D eigenvalue weighted by Gasteiger charge is -2.38. The minimum absolute atomic E-state index is 0.0566. The number of aromatic nitrogens is 1. The second kappa shape index (κ2) is 9.72.